The standard InChI is InChI=1S/C16H15N3O5/c1-17-15(11-2-6-13(7-3-11)18(20)21)10-16(24-17)12-4-8-14(9-5-12)19(22)23/h2-9,15-16H,10H2,1H3/t15-,16+/m1/s1. The van der Waals surface area contributed by atoms with Crippen molar-refractivity contribution in [2.45, 2.75) is 18.6 Å². The Morgan fingerprint density at radius 2 is 1.38 bits per heavy atom. The monoisotopic (exact) mass is 329 g/mol. The number of hydrogen-bond donors (Lipinski definition) is 0. The molecule has 1 aliphatic rings. The predicted octanol–water partition coefficient (Wildman–Crippen LogP) is 3.55. The maximum absolute atomic E-state index is 10.7. The predicted molar refractivity (Wildman–Crippen MR) is 85.1 cm³/mol. The molecule has 0 saturated carbocycles. The van der Waals surface area contributed by atoms with Crippen molar-refractivity contribution in [1.82, 2.24) is 5.06 Å². The number of nitro groups is 2. The summed E-state index contributed by atoms with van der Waals surface area (Å²) in [6.07, 6.45) is 0.447. The molecule has 0 amide bonds. The van der Waals surface area contributed by atoms with Gasteiger partial charge in [-0.3, -0.25) is 25.1 Å². The van der Waals surface area contributed by atoms with Crippen molar-refractivity contribution in [3.8, 4) is 0 Å². The second-order valence-corrected chi connectivity index (χ2v) is 5.59. The van der Waals surface area contributed by atoms with Crippen molar-refractivity contribution in [2.24, 2.45) is 0 Å². The highest BCUT2D eigenvalue weighted by Gasteiger charge is 2.33. The van der Waals surface area contributed by atoms with E-state index in [1.807, 2.05) is 0 Å². The van der Waals surface area contributed by atoms with Crippen LogP contribution in [0, 0.1) is 20.2 Å². The summed E-state index contributed by atoms with van der Waals surface area (Å²) < 4.78 is 0. The van der Waals surface area contributed by atoms with Crippen LogP contribution in [0.25, 0.3) is 0 Å². The molecule has 24 heavy (non-hydrogen) atoms. The van der Waals surface area contributed by atoms with Crippen molar-refractivity contribution in [2.75, 3.05) is 7.05 Å². The van der Waals surface area contributed by atoms with Gasteiger partial charge in [0, 0.05) is 37.7 Å². The summed E-state index contributed by atoms with van der Waals surface area (Å²) in [4.78, 5) is 26.4. The van der Waals surface area contributed by atoms with Crippen molar-refractivity contribution in [1.29, 1.82) is 0 Å². The van der Waals surface area contributed by atoms with Gasteiger partial charge < -0.3 is 0 Å². The van der Waals surface area contributed by atoms with E-state index in [0.29, 0.717) is 6.42 Å². The minimum atomic E-state index is -0.439. The van der Waals surface area contributed by atoms with Crippen LogP contribution < -0.4 is 0 Å². The van der Waals surface area contributed by atoms with Crippen LogP contribution in [0.3, 0.4) is 0 Å². The average molecular weight is 329 g/mol. The van der Waals surface area contributed by atoms with Gasteiger partial charge in [0.05, 0.1) is 15.9 Å². The van der Waals surface area contributed by atoms with E-state index < -0.39 is 9.85 Å². The average Bonchev–Trinajstić information content (AvgIpc) is 2.97. The van der Waals surface area contributed by atoms with Gasteiger partial charge in [-0.15, -0.1) is 0 Å². The van der Waals surface area contributed by atoms with Gasteiger partial charge in [-0.2, -0.15) is 5.06 Å². The lowest BCUT2D eigenvalue weighted by molar-refractivity contribution is -0.385. The molecular weight excluding hydrogens is 314 g/mol. The third-order valence-electron chi connectivity index (χ3n) is 4.13. The van der Waals surface area contributed by atoms with Gasteiger partial charge in [-0.1, -0.05) is 12.1 Å². The van der Waals surface area contributed by atoms with Gasteiger partial charge in [0.15, 0.2) is 0 Å². The summed E-state index contributed by atoms with van der Waals surface area (Å²) in [5.74, 6) is 0. The molecule has 2 aromatic carbocycles. The quantitative estimate of drug-likeness (QED) is 0.628. The zero-order valence-electron chi connectivity index (χ0n) is 12.9. The number of non-ortho nitro benzene ring substituents is 2. The van der Waals surface area contributed by atoms with Crippen molar-refractivity contribution in [3.05, 3.63) is 79.9 Å². The first-order chi connectivity index (χ1) is 11.5. The van der Waals surface area contributed by atoms with Crippen LogP contribution in [0.5, 0.6) is 0 Å². The van der Waals surface area contributed by atoms with Crippen LogP contribution in [-0.2, 0) is 4.84 Å². The molecule has 8 heteroatoms. The first-order valence-corrected chi connectivity index (χ1v) is 7.34. The molecule has 2 atom stereocenters. The molecule has 0 spiro atoms. The molecule has 1 heterocycles. The van der Waals surface area contributed by atoms with E-state index >= 15 is 0 Å². The molecule has 124 valence electrons. The Bertz CT molecular complexity index is 760. The normalized spacial score (nSPS) is 20.9. The SMILES string of the molecule is CN1O[C@H](c2ccc([N+](=O)[O-])cc2)C[C@@H]1c1ccc([N+](=O)[O-])cc1. The minimum Gasteiger partial charge on any atom is -0.291 e. The Kier molecular flexibility index (Phi) is 4.24. The first-order valence-electron chi connectivity index (χ1n) is 7.34. The van der Waals surface area contributed by atoms with Crippen molar-refractivity contribution in [3.63, 3.8) is 0 Å². The lowest BCUT2D eigenvalue weighted by atomic mass is 9.98. The van der Waals surface area contributed by atoms with E-state index in [1.165, 1.54) is 24.3 Å². The van der Waals surface area contributed by atoms with Gasteiger partial charge in [-0.25, -0.2) is 0 Å². The topological polar surface area (TPSA) is 98.8 Å². The van der Waals surface area contributed by atoms with Crippen LogP contribution in [0.4, 0.5) is 11.4 Å². The van der Waals surface area contributed by atoms with Crippen LogP contribution in [0.15, 0.2) is 48.5 Å². The summed E-state index contributed by atoms with van der Waals surface area (Å²) in [6, 6.07) is 12.7. The Balaban J connectivity index is 1.76. The van der Waals surface area contributed by atoms with Gasteiger partial charge in [0.2, 0.25) is 0 Å². The van der Waals surface area contributed by atoms with E-state index in [0.717, 1.165) is 11.1 Å². The van der Waals surface area contributed by atoms with E-state index in [9.17, 15) is 20.2 Å². The number of hydroxylamine groups is 2. The number of rotatable bonds is 4. The highest BCUT2D eigenvalue weighted by Crippen LogP contribution is 2.41. The van der Waals surface area contributed by atoms with Crippen LogP contribution in [0.2, 0.25) is 0 Å². The molecule has 3 rings (SSSR count). The summed E-state index contributed by atoms with van der Waals surface area (Å²) >= 11 is 0. The molecule has 1 aliphatic heterocycles. The Morgan fingerprint density at radius 3 is 1.83 bits per heavy atom. The number of nitrogens with zero attached hydrogens (tertiary/aromatic N) is 3. The zero-order valence-corrected chi connectivity index (χ0v) is 12.9. The summed E-state index contributed by atoms with van der Waals surface area (Å²) in [6.45, 7) is 0. The van der Waals surface area contributed by atoms with Crippen LogP contribution in [0.1, 0.15) is 29.7 Å². The maximum Gasteiger partial charge on any atom is 0.269 e. The number of nitro benzene ring substituents is 2. The van der Waals surface area contributed by atoms with Gasteiger partial charge in [-0.05, 0) is 23.3 Å². The molecule has 0 radical (unpaired) electrons. The molecule has 8 nitrogen and oxygen atoms in total. The summed E-state index contributed by atoms with van der Waals surface area (Å²) in [5, 5.41) is 23.2. The zero-order chi connectivity index (χ0) is 17.3. The molecule has 0 unspecified atom stereocenters. The maximum atomic E-state index is 10.7. The molecule has 0 bridgehead atoms. The largest absolute Gasteiger partial charge is 0.291 e. The highest BCUT2D eigenvalue weighted by molar-refractivity contribution is 5.36. The van der Waals surface area contributed by atoms with Crippen LogP contribution >= 0.6 is 0 Å². The molecule has 1 saturated heterocycles. The third kappa shape index (κ3) is 3.10. The smallest absolute Gasteiger partial charge is 0.269 e. The third-order valence-corrected chi connectivity index (χ3v) is 4.13. The van der Waals surface area contributed by atoms with Gasteiger partial charge in [0.25, 0.3) is 11.4 Å². The Hall–Kier alpha value is -2.84. The first kappa shape index (κ1) is 16.0. The summed E-state index contributed by atoms with van der Waals surface area (Å²) in [7, 11) is 1.80. The second-order valence-electron chi connectivity index (χ2n) is 5.59. The molecule has 2 aromatic rings. The lowest BCUT2D eigenvalue weighted by Gasteiger charge is -2.17. The molecular formula is C16H15N3O5. The van der Waals surface area contributed by atoms with Crippen molar-refractivity contribution >= 4 is 11.4 Å². The van der Waals surface area contributed by atoms with E-state index in [2.05, 4.69) is 0 Å². The fourth-order valence-corrected chi connectivity index (χ4v) is 2.84. The van der Waals surface area contributed by atoms with Gasteiger partial charge >= 0.3 is 0 Å². The highest BCUT2D eigenvalue weighted by atomic mass is 16.7. The van der Waals surface area contributed by atoms with E-state index in [-0.39, 0.29) is 23.5 Å². The summed E-state index contributed by atoms with van der Waals surface area (Å²) in [5.41, 5.74) is 1.87. The fraction of sp³-hybridized carbons (Fsp3) is 0.250. The van der Waals surface area contributed by atoms with Gasteiger partial charge in [0.1, 0.15) is 6.10 Å². The molecule has 0 N–H and O–H groups in total. The molecule has 0 aliphatic carbocycles. The number of benzene rings is 2. The van der Waals surface area contributed by atoms with E-state index in [1.54, 1.807) is 36.4 Å². The van der Waals surface area contributed by atoms with Crippen LogP contribution in [-0.4, -0.2) is 22.0 Å². The molecule has 0 aromatic heterocycles. The fourth-order valence-electron chi connectivity index (χ4n) is 2.84. The van der Waals surface area contributed by atoms with E-state index in [4.69, 9.17) is 4.84 Å². The minimum absolute atomic E-state index is 0.0361. The Morgan fingerprint density at radius 1 is 0.917 bits per heavy atom. The second kappa shape index (κ2) is 6.34. The van der Waals surface area contributed by atoms with Crippen molar-refractivity contribution < 1.29 is 14.7 Å². The Labute approximate surface area is 137 Å². The molecule has 1 fully saturated rings. The number of hydrogen-bond acceptors (Lipinski definition) is 6. The lowest BCUT2D eigenvalue weighted by Crippen LogP contribution is -2.16.